The predicted molar refractivity (Wildman–Crippen MR) is 66.4 cm³/mol. The third kappa shape index (κ3) is 3.16. The van der Waals surface area contributed by atoms with Gasteiger partial charge in [0.2, 0.25) is 0 Å². The first kappa shape index (κ1) is 12.9. The quantitative estimate of drug-likeness (QED) is 0.406. The summed E-state index contributed by atoms with van der Waals surface area (Å²) in [7, 11) is -1.69. The Labute approximate surface area is 94.8 Å². The largest absolute Gasteiger partial charge is 0.390 e. The molecule has 0 saturated heterocycles. The first-order valence-corrected chi connectivity index (χ1v) is 8.58. The van der Waals surface area contributed by atoms with Crippen LogP contribution in [0, 0.1) is 0 Å². The van der Waals surface area contributed by atoms with Crippen molar-refractivity contribution in [1.82, 2.24) is 0 Å². The first-order chi connectivity index (χ1) is 6.72. The average molecular weight is 228 g/mol. The lowest BCUT2D eigenvalue weighted by Crippen LogP contribution is -2.45. The maximum Gasteiger partial charge on any atom is 0.195 e. The van der Waals surface area contributed by atoms with E-state index in [1.165, 1.54) is 0 Å². The monoisotopic (exact) mass is 228 g/mol. The SMILES string of the molecule is C=CCOC1(O[Si](C)(C)C(C)(C)C)CC1. The topological polar surface area (TPSA) is 18.5 Å². The van der Waals surface area contributed by atoms with E-state index in [1.807, 2.05) is 0 Å². The molecule has 2 nitrogen and oxygen atoms in total. The summed E-state index contributed by atoms with van der Waals surface area (Å²) >= 11 is 0. The smallest absolute Gasteiger partial charge is 0.195 e. The Hall–Kier alpha value is -0.123. The lowest BCUT2D eigenvalue weighted by Gasteiger charge is -2.39. The van der Waals surface area contributed by atoms with E-state index < -0.39 is 8.32 Å². The summed E-state index contributed by atoms with van der Waals surface area (Å²) in [5.74, 6) is -0.267. The van der Waals surface area contributed by atoms with Gasteiger partial charge in [0.25, 0.3) is 0 Å². The molecule has 0 aromatic heterocycles. The zero-order valence-corrected chi connectivity index (χ0v) is 11.7. The van der Waals surface area contributed by atoms with E-state index in [-0.39, 0.29) is 10.8 Å². The van der Waals surface area contributed by atoms with Crippen LogP contribution in [-0.2, 0) is 9.16 Å². The van der Waals surface area contributed by atoms with Crippen LogP contribution in [-0.4, -0.2) is 20.7 Å². The van der Waals surface area contributed by atoms with Crippen molar-refractivity contribution >= 4 is 8.32 Å². The molecule has 0 bridgehead atoms. The predicted octanol–water partition coefficient (Wildman–Crippen LogP) is 3.70. The van der Waals surface area contributed by atoms with E-state index in [0.717, 1.165) is 12.8 Å². The van der Waals surface area contributed by atoms with Gasteiger partial charge in [-0.1, -0.05) is 26.8 Å². The Bertz CT molecular complexity index is 236. The van der Waals surface area contributed by atoms with Crippen molar-refractivity contribution < 1.29 is 9.16 Å². The minimum Gasteiger partial charge on any atom is -0.390 e. The first-order valence-electron chi connectivity index (χ1n) is 5.67. The molecule has 0 atom stereocenters. The molecule has 1 fully saturated rings. The molecular weight excluding hydrogens is 204 g/mol. The zero-order valence-electron chi connectivity index (χ0n) is 10.7. The van der Waals surface area contributed by atoms with Crippen LogP contribution in [0.3, 0.4) is 0 Å². The van der Waals surface area contributed by atoms with Crippen molar-refractivity contribution in [1.29, 1.82) is 0 Å². The lowest BCUT2D eigenvalue weighted by molar-refractivity contribution is -0.103. The molecule has 0 radical (unpaired) electrons. The Morgan fingerprint density at radius 1 is 1.33 bits per heavy atom. The maximum absolute atomic E-state index is 6.27. The average Bonchev–Trinajstić information content (AvgIpc) is 2.79. The molecule has 0 aromatic rings. The van der Waals surface area contributed by atoms with Gasteiger partial charge >= 0.3 is 0 Å². The molecule has 0 heterocycles. The number of rotatable bonds is 5. The second kappa shape index (κ2) is 4.04. The third-order valence-corrected chi connectivity index (χ3v) is 7.86. The summed E-state index contributed by atoms with van der Waals surface area (Å²) in [6.07, 6.45) is 3.86. The van der Waals surface area contributed by atoms with Crippen molar-refractivity contribution in [3.05, 3.63) is 12.7 Å². The molecule has 88 valence electrons. The van der Waals surface area contributed by atoms with Crippen LogP contribution in [0.5, 0.6) is 0 Å². The van der Waals surface area contributed by atoms with Gasteiger partial charge in [0, 0.05) is 12.8 Å². The molecule has 1 rings (SSSR count). The van der Waals surface area contributed by atoms with Crippen LogP contribution in [0.1, 0.15) is 33.6 Å². The zero-order chi connectivity index (χ0) is 11.7. The molecule has 0 spiro atoms. The van der Waals surface area contributed by atoms with E-state index >= 15 is 0 Å². The fourth-order valence-corrected chi connectivity index (χ4v) is 2.71. The van der Waals surface area contributed by atoms with E-state index in [9.17, 15) is 0 Å². The number of ether oxygens (including phenoxy) is 1. The highest BCUT2D eigenvalue weighted by Gasteiger charge is 2.52. The van der Waals surface area contributed by atoms with Gasteiger partial charge in [0.15, 0.2) is 14.1 Å². The highest BCUT2D eigenvalue weighted by atomic mass is 28.4. The number of hydrogen-bond acceptors (Lipinski definition) is 2. The highest BCUT2D eigenvalue weighted by molar-refractivity contribution is 6.74. The van der Waals surface area contributed by atoms with E-state index in [2.05, 4.69) is 40.4 Å². The van der Waals surface area contributed by atoms with Crippen molar-refractivity contribution in [3.63, 3.8) is 0 Å². The molecule has 1 aliphatic carbocycles. The van der Waals surface area contributed by atoms with Crippen molar-refractivity contribution in [3.8, 4) is 0 Å². The molecule has 1 saturated carbocycles. The normalized spacial score (nSPS) is 20.1. The van der Waals surface area contributed by atoms with Crippen LogP contribution in [0.25, 0.3) is 0 Å². The van der Waals surface area contributed by atoms with Gasteiger partial charge in [-0.3, -0.25) is 0 Å². The Balaban J connectivity index is 2.57. The minimum atomic E-state index is -1.69. The van der Waals surface area contributed by atoms with Gasteiger partial charge in [-0.2, -0.15) is 0 Å². The van der Waals surface area contributed by atoms with Gasteiger partial charge in [-0.15, -0.1) is 6.58 Å². The molecule has 15 heavy (non-hydrogen) atoms. The summed E-state index contributed by atoms with van der Waals surface area (Å²) < 4.78 is 12.0. The second-order valence-electron chi connectivity index (χ2n) is 5.87. The fraction of sp³-hybridized carbons (Fsp3) is 0.833. The molecular formula is C12H24O2Si. The van der Waals surface area contributed by atoms with Crippen LogP contribution >= 0.6 is 0 Å². The van der Waals surface area contributed by atoms with Gasteiger partial charge < -0.3 is 9.16 Å². The molecule has 0 aliphatic heterocycles. The lowest BCUT2D eigenvalue weighted by atomic mass is 10.2. The maximum atomic E-state index is 6.27. The standard InChI is InChI=1S/C12H24O2Si/c1-7-10-13-12(8-9-12)14-15(5,6)11(2,3)4/h7H,1,8-10H2,2-6H3. The van der Waals surface area contributed by atoms with Crippen LogP contribution in [0.2, 0.25) is 18.1 Å². The van der Waals surface area contributed by atoms with E-state index in [4.69, 9.17) is 9.16 Å². The highest BCUT2D eigenvalue weighted by Crippen LogP contribution is 2.48. The van der Waals surface area contributed by atoms with Gasteiger partial charge in [-0.05, 0) is 18.1 Å². The van der Waals surface area contributed by atoms with Gasteiger partial charge in [0.05, 0.1) is 6.61 Å². The van der Waals surface area contributed by atoms with Gasteiger partial charge in [0.1, 0.15) is 0 Å². The number of hydrogen-bond donors (Lipinski definition) is 0. The minimum absolute atomic E-state index is 0.250. The molecule has 3 heteroatoms. The van der Waals surface area contributed by atoms with Crippen molar-refractivity contribution in [2.24, 2.45) is 0 Å². The van der Waals surface area contributed by atoms with E-state index in [0.29, 0.717) is 6.61 Å². The van der Waals surface area contributed by atoms with Crippen LogP contribution in [0.15, 0.2) is 12.7 Å². The van der Waals surface area contributed by atoms with Crippen molar-refractivity contribution in [2.45, 2.75) is 57.5 Å². The van der Waals surface area contributed by atoms with Gasteiger partial charge in [-0.25, -0.2) is 0 Å². The second-order valence-corrected chi connectivity index (χ2v) is 10.6. The molecule has 0 N–H and O–H groups in total. The fourth-order valence-electron chi connectivity index (χ4n) is 1.21. The summed E-state index contributed by atoms with van der Waals surface area (Å²) in [6, 6.07) is 0. The van der Waals surface area contributed by atoms with E-state index in [1.54, 1.807) is 6.08 Å². The summed E-state index contributed by atoms with van der Waals surface area (Å²) in [4.78, 5) is 0. The molecule has 0 aromatic carbocycles. The molecule has 0 amide bonds. The Kier molecular flexibility index (Phi) is 3.48. The molecule has 0 unspecified atom stereocenters. The summed E-state index contributed by atoms with van der Waals surface area (Å²) in [6.45, 7) is 15.6. The van der Waals surface area contributed by atoms with Crippen LogP contribution in [0.4, 0.5) is 0 Å². The third-order valence-electron chi connectivity index (χ3n) is 3.37. The Morgan fingerprint density at radius 2 is 1.87 bits per heavy atom. The summed E-state index contributed by atoms with van der Waals surface area (Å²) in [5.41, 5.74) is 0. The Morgan fingerprint density at radius 3 is 2.20 bits per heavy atom. The summed E-state index contributed by atoms with van der Waals surface area (Å²) in [5, 5.41) is 0.250. The molecule has 1 aliphatic rings. The van der Waals surface area contributed by atoms with Crippen molar-refractivity contribution in [2.75, 3.05) is 6.61 Å². The van der Waals surface area contributed by atoms with Crippen LogP contribution < -0.4 is 0 Å².